The number of urea groups is 1. The Bertz CT molecular complexity index is 568. The van der Waals surface area contributed by atoms with Crippen molar-refractivity contribution in [2.75, 3.05) is 70.9 Å². The first-order chi connectivity index (χ1) is 12.1. The average molecular weight is 354 g/mol. The maximum Gasteiger partial charge on any atom is 0.322 e. The van der Waals surface area contributed by atoms with E-state index in [9.17, 15) is 13.6 Å². The minimum Gasteiger partial charge on any atom is -0.379 e. The van der Waals surface area contributed by atoms with Gasteiger partial charge in [-0.3, -0.25) is 9.80 Å². The van der Waals surface area contributed by atoms with Crippen LogP contribution in [-0.2, 0) is 4.74 Å². The summed E-state index contributed by atoms with van der Waals surface area (Å²) >= 11 is 0. The Balaban J connectivity index is 1.43. The van der Waals surface area contributed by atoms with Gasteiger partial charge in [-0.25, -0.2) is 13.6 Å². The number of halogens is 2. The molecule has 2 aliphatic heterocycles. The van der Waals surface area contributed by atoms with Gasteiger partial charge in [-0.1, -0.05) is 6.07 Å². The predicted molar refractivity (Wildman–Crippen MR) is 90.6 cm³/mol. The number of morpholine rings is 1. The number of ether oxygens (including phenoxy) is 1. The van der Waals surface area contributed by atoms with E-state index >= 15 is 0 Å². The van der Waals surface area contributed by atoms with Crippen molar-refractivity contribution in [2.45, 2.75) is 0 Å². The number of nitrogens with zero attached hydrogens (tertiary/aromatic N) is 3. The average Bonchev–Trinajstić information content (AvgIpc) is 2.64. The van der Waals surface area contributed by atoms with Crippen LogP contribution in [0.4, 0.5) is 19.3 Å². The molecule has 0 aliphatic carbocycles. The summed E-state index contributed by atoms with van der Waals surface area (Å²) in [6.45, 7) is 8.09. The molecule has 0 atom stereocenters. The summed E-state index contributed by atoms with van der Waals surface area (Å²) in [6.07, 6.45) is 0. The Labute approximate surface area is 146 Å². The lowest BCUT2D eigenvalue weighted by atomic mass is 10.3. The lowest BCUT2D eigenvalue weighted by Gasteiger charge is -2.36. The van der Waals surface area contributed by atoms with E-state index in [-0.39, 0.29) is 5.69 Å². The van der Waals surface area contributed by atoms with Crippen LogP contribution in [-0.4, -0.2) is 86.3 Å². The third-order valence-electron chi connectivity index (χ3n) is 4.69. The van der Waals surface area contributed by atoms with Crippen molar-refractivity contribution in [1.29, 1.82) is 0 Å². The Kier molecular flexibility index (Phi) is 6.17. The minimum absolute atomic E-state index is 0.387. The number of anilines is 1. The van der Waals surface area contributed by atoms with Gasteiger partial charge in [0.2, 0.25) is 0 Å². The van der Waals surface area contributed by atoms with Crippen LogP contribution in [0.3, 0.4) is 0 Å². The van der Waals surface area contributed by atoms with Crippen LogP contribution in [0.2, 0.25) is 0 Å². The van der Waals surface area contributed by atoms with E-state index in [1.807, 2.05) is 0 Å². The largest absolute Gasteiger partial charge is 0.379 e. The normalized spacial score (nSPS) is 19.8. The second-order valence-electron chi connectivity index (χ2n) is 6.31. The zero-order valence-electron chi connectivity index (χ0n) is 14.2. The Morgan fingerprint density at radius 1 is 0.960 bits per heavy atom. The molecule has 0 bridgehead atoms. The number of hydrogen-bond acceptors (Lipinski definition) is 4. The van der Waals surface area contributed by atoms with Crippen LogP contribution in [0.5, 0.6) is 0 Å². The molecular formula is C17H24F2N4O2. The summed E-state index contributed by atoms with van der Waals surface area (Å²) in [5, 5.41) is 2.34. The van der Waals surface area contributed by atoms with Gasteiger partial charge in [0.15, 0.2) is 0 Å². The van der Waals surface area contributed by atoms with E-state index in [4.69, 9.17) is 4.74 Å². The fourth-order valence-corrected chi connectivity index (χ4v) is 3.09. The van der Waals surface area contributed by atoms with Crippen LogP contribution in [0, 0.1) is 11.6 Å². The molecule has 0 aromatic heterocycles. The number of piperazine rings is 1. The fourth-order valence-electron chi connectivity index (χ4n) is 3.09. The van der Waals surface area contributed by atoms with Crippen molar-refractivity contribution in [2.24, 2.45) is 0 Å². The van der Waals surface area contributed by atoms with Gasteiger partial charge in [0.05, 0.1) is 13.2 Å². The number of benzene rings is 1. The van der Waals surface area contributed by atoms with E-state index in [0.717, 1.165) is 64.6 Å². The zero-order valence-corrected chi connectivity index (χ0v) is 14.2. The standard InChI is InChI=1S/C17H24F2N4O2/c18-14-2-1-3-15(19)16(14)20-17(24)23-8-6-21(7-9-23)4-5-22-10-12-25-13-11-22/h1-3H,4-13H2,(H,20,24). The van der Waals surface area contributed by atoms with Crippen LogP contribution in [0.15, 0.2) is 18.2 Å². The molecule has 0 unspecified atom stereocenters. The molecule has 2 heterocycles. The molecule has 2 aliphatic rings. The highest BCUT2D eigenvalue weighted by Crippen LogP contribution is 2.18. The molecule has 3 rings (SSSR count). The third kappa shape index (κ3) is 4.87. The van der Waals surface area contributed by atoms with E-state index < -0.39 is 17.7 Å². The molecule has 0 radical (unpaired) electrons. The quantitative estimate of drug-likeness (QED) is 0.889. The van der Waals surface area contributed by atoms with Crippen molar-refractivity contribution >= 4 is 11.7 Å². The van der Waals surface area contributed by atoms with Crippen LogP contribution >= 0.6 is 0 Å². The fraction of sp³-hybridized carbons (Fsp3) is 0.588. The Hall–Kier alpha value is -1.77. The maximum absolute atomic E-state index is 13.6. The van der Waals surface area contributed by atoms with Gasteiger partial charge in [0.1, 0.15) is 17.3 Å². The second kappa shape index (κ2) is 8.55. The first-order valence-electron chi connectivity index (χ1n) is 8.66. The number of amides is 2. The molecule has 0 spiro atoms. The molecule has 6 nitrogen and oxygen atoms in total. The molecule has 2 amide bonds. The molecule has 0 saturated carbocycles. The van der Waals surface area contributed by atoms with Crippen molar-refractivity contribution < 1.29 is 18.3 Å². The van der Waals surface area contributed by atoms with E-state index in [1.54, 1.807) is 4.90 Å². The summed E-state index contributed by atoms with van der Waals surface area (Å²) in [5.41, 5.74) is -0.387. The van der Waals surface area contributed by atoms with E-state index in [0.29, 0.717) is 13.1 Å². The van der Waals surface area contributed by atoms with Gasteiger partial charge in [0, 0.05) is 52.4 Å². The number of nitrogens with one attached hydrogen (secondary N) is 1. The van der Waals surface area contributed by atoms with Gasteiger partial charge in [-0.2, -0.15) is 0 Å². The van der Waals surface area contributed by atoms with Crippen molar-refractivity contribution in [1.82, 2.24) is 14.7 Å². The molecule has 1 aromatic rings. The molecule has 1 N–H and O–H groups in total. The molecule has 8 heteroatoms. The first kappa shape index (κ1) is 18.0. The van der Waals surface area contributed by atoms with E-state index in [1.165, 1.54) is 6.07 Å². The van der Waals surface area contributed by atoms with E-state index in [2.05, 4.69) is 15.1 Å². The SMILES string of the molecule is O=C(Nc1c(F)cccc1F)N1CCN(CCN2CCOCC2)CC1. The highest BCUT2D eigenvalue weighted by atomic mass is 19.1. The predicted octanol–water partition coefficient (Wildman–Crippen LogP) is 1.45. The lowest BCUT2D eigenvalue weighted by Crippen LogP contribution is -2.52. The minimum atomic E-state index is -0.766. The molecular weight excluding hydrogens is 330 g/mol. The number of carbonyl (C=O) groups is 1. The highest BCUT2D eigenvalue weighted by molar-refractivity contribution is 5.89. The summed E-state index contributed by atoms with van der Waals surface area (Å²) in [6, 6.07) is 3.06. The number of hydrogen-bond donors (Lipinski definition) is 1. The topological polar surface area (TPSA) is 48.1 Å². The van der Waals surface area contributed by atoms with Gasteiger partial charge in [-0.15, -0.1) is 0 Å². The van der Waals surface area contributed by atoms with Gasteiger partial charge < -0.3 is 15.0 Å². The third-order valence-corrected chi connectivity index (χ3v) is 4.69. The Morgan fingerprint density at radius 3 is 2.12 bits per heavy atom. The summed E-state index contributed by atoms with van der Waals surface area (Å²) in [5.74, 6) is -1.53. The smallest absolute Gasteiger partial charge is 0.322 e. The van der Waals surface area contributed by atoms with Gasteiger partial charge in [-0.05, 0) is 12.1 Å². The summed E-state index contributed by atoms with van der Waals surface area (Å²) in [4.78, 5) is 18.5. The van der Waals surface area contributed by atoms with Crippen LogP contribution < -0.4 is 5.32 Å². The number of carbonyl (C=O) groups excluding carboxylic acids is 1. The van der Waals surface area contributed by atoms with Crippen molar-refractivity contribution in [3.63, 3.8) is 0 Å². The second-order valence-corrected chi connectivity index (χ2v) is 6.31. The molecule has 25 heavy (non-hydrogen) atoms. The van der Waals surface area contributed by atoms with Crippen LogP contribution in [0.1, 0.15) is 0 Å². The summed E-state index contributed by atoms with van der Waals surface area (Å²) < 4.78 is 32.6. The molecule has 2 saturated heterocycles. The lowest BCUT2D eigenvalue weighted by molar-refractivity contribution is 0.0311. The Morgan fingerprint density at radius 2 is 1.52 bits per heavy atom. The monoisotopic (exact) mass is 354 g/mol. The van der Waals surface area contributed by atoms with Crippen molar-refractivity contribution in [3.05, 3.63) is 29.8 Å². The molecule has 1 aromatic carbocycles. The first-order valence-corrected chi connectivity index (χ1v) is 8.66. The van der Waals surface area contributed by atoms with Gasteiger partial charge in [0.25, 0.3) is 0 Å². The van der Waals surface area contributed by atoms with Crippen molar-refractivity contribution in [3.8, 4) is 0 Å². The molecule has 138 valence electrons. The summed E-state index contributed by atoms with van der Waals surface area (Å²) in [7, 11) is 0. The van der Waals surface area contributed by atoms with Gasteiger partial charge >= 0.3 is 6.03 Å². The highest BCUT2D eigenvalue weighted by Gasteiger charge is 2.23. The maximum atomic E-state index is 13.6. The number of rotatable bonds is 4. The number of para-hydroxylation sites is 1. The molecule has 2 fully saturated rings. The van der Waals surface area contributed by atoms with Crippen LogP contribution in [0.25, 0.3) is 0 Å². The zero-order chi connectivity index (χ0) is 17.6.